The van der Waals surface area contributed by atoms with Crippen molar-refractivity contribution in [2.45, 2.75) is 30.2 Å². The lowest BCUT2D eigenvalue weighted by Crippen LogP contribution is -2.49. The van der Waals surface area contributed by atoms with Gasteiger partial charge in [0.05, 0.1) is 10.6 Å². The molecule has 0 spiro atoms. The lowest BCUT2D eigenvalue weighted by atomic mass is 10.0. The first kappa shape index (κ1) is 21.2. The smallest absolute Gasteiger partial charge is 0.265 e. The zero-order valence-electron chi connectivity index (χ0n) is 16.4. The van der Waals surface area contributed by atoms with Gasteiger partial charge in [-0.15, -0.1) is 11.3 Å². The van der Waals surface area contributed by atoms with Crippen LogP contribution < -0.4 is 11.1 Å². The molecule has 1 unspecified atom stereocenters. The molecule has 2 aromatic heterocycles. The van der Waals surface area contributed by atoms with Gasteiger partial charge in [0.1, 0.15) is 11.7 Å². The lowest BCUT2D eigenvalue weighted by molar-refractivity contribution is -0.120. The van der Waals surface area contributed by atoms with Crippen LogP contribution in [-0.4, -0.2) is 47.1 Å². The molecule has 0 saturated carbocycles. The fourth-order valence-electron chi connectivity index (χ4n) is 3.52. The largest absolute Gasteiger partial charge is 0.364 e. The number of aromatic amines is 1. The Hall–Kier alpha value is -3.02. The molecule has 3 heterocycles. The number of amides is 2. The summed E-state index contributed by atoms with van der Waals surface area (Å²) in [6, 6.07) is 8.91. The number of nitrogens with two attached hydrogens (primary N) is 1. The number of anilines is 1. The Morgan fingerprint density at radius 2 is 2.00 bits per heavy atom. The second-order valence-electron chi connectivity index (χ2n) is 7.13. The number of rotatable bonds is 6. The average Bonchev–Trinajstić information content (AvgIpc) is 3.44. The van der Waals surface area contributed by atoms with Gasteiger partial charge in [0.15, 0.2) is 5.13 Å². The van der Waals surface area contributed by atoms with E-state index in [2.05, 4.69) is 15.3 Å². The minimum Gasteiger partial charge on any atom is -0.364 e. The second-order valence-corrected chi connectivity index (χ2v) is 9.88. The second kappa shape index (κ2) is 8.61. The highest BCUT2D eigenvalue weighted by molar-refractivity contribution is 7.89. The standard InChI is InChI=1S/C20H21N5O4S2/c21-18(26)15-10-13(11-22-15)16-12-30-20(23-16)24-19(27)17-8-4-5-9-25(17)31(28,29)14-6-2-1-3-7-14/h1-3,6-7,10-12,17,22H,4-5,8-9H2,(H2,21,26)(H,23,24,27). The van der Waals surface area contributed by atoms with Gasteiger partial charge in [0, 0.05) is 23.7 Å². The maximum Gasteiger partial charge on any atom is 0.265 e. The van der Waals surface area contributed by atoms with Crippen LogP contribution in [-0.2, 0) is 14.8 Å². The van der Waals surface area contributed by atoms with Crippen molar-refractivity contribution >= 4 is 38.3 Å². The summed E-state index contributed by atoms with van der Waals surface area (Å²) in [4.78, 5) is 31.5. The number of hydrogen-bond donors (Lipinski definition) is 3. The van der Waals surface area contributed by atoms with Gasteiger partial charge in [-0.05, 0) is 31.0 Å². The SMILES string of the molecule is NC(=O)c1cc(-c2csc(NC(=O)C3CCCCN3S(=O)(=O)c3ccccc3)n2)c[nH]1. The van der Waals surface area contributed by atoms with Gasteiger partial charge in [-0.2, -0.15) is 4.31 Å². The topological polar surface area (TPSA) is 138 Å². The van der Waals surface area contributed by atoms with Crippen LogP contribution in [0.2, 0.25) is 0 Å². The van der Waals surface area contributed by atoms with Gasteiger partial charge in [-0.1, -0.05) is 24.6 Å². The molecule has 0 bridgehead atoms. The minimum atomic E-state index is -3.78. The molecule has 0 aliphatic carbocycles. The summed E-state index contributed by atoms with van der Waals surface area (Å²) in [5.41, 5.74) is 6.75. The fourth-order valence-corrected chi connectivity index (χ4v) is 5.92. The summed E-state index contributed by atoms with van der Waals surface area (Å²) in [5, 5.41) is 4.84. The molecule has 162 valence electrons. The monoisotopic (exact) mass is 459 g/mol. The Morgan fingerprint density at radius 1 is 1.23 bits per heavy atom. The van der Waals surface area contributed by atoms with Gasteiger partial charge in [-0.25, -0.2) is 13.4 Å². The lowest BCUT2D eigenvalue weighted by Gasteiger charge is -2.33. The number of nitrogens with zero attached hydrogens (tertiary/aromatic N) is 2. The number of nitrogens with one attached hydrogen (secondary N) is 2. The minimum absolute atomic E-state index is 0.170. The predicted molar refractivity (Wildman–Crippen MR) is 117 cm³/mol. The van der Waals surface area contributed by atoms with E-state index in [0.717, 1.165) is 6.42 Å². The zero-order chi connectivity index (χ0) is 22.0. The van der Waals surface area contributed by atoms with Crippen LogP contribution in [0, 0.1) is 0 Å². The summed E-state index contributed by atoms with van der Waals surface area (Å²) in [7, 11) is -3.78. The van der Waals surface area contributed by atoms with Crippen molar-refractivity contribution in [2.75, 3.05) is 11.9 Å². The number of H-pyrrole nitrogens is 1. The van der Waals surface area contributed by atoms with Crippen LogP contribution in [0.25, 0.3) is 11.3 Å². The van der Waals surface area contributed by atoms with Crippen LogP contribution in [0.1, 0.15) is 29.8 Å². The quantitative estimate of drug-likeness (QED) is 0.520. The molecule has 1 aliphatic rings. The van der Waals surface area contributed by atoms with E-state index >= 15 is 0 Å². The van der Waals surface area contributed by atoms with E-state index in [9.17, 15) is 18.0 Å². The van der Waals surface area contributed by atoms with E-state index in [1.165, 1.54) is 27.8 Å². The maximum atomic E-state index is 13.1. The molecule has 1 aromatic carbocycles. The van der Waals surface area contributed by atoms with Crippen LogP contribution in [0.3, 0.4) is 0 Å². The molecule has 0 radical (unpaired) electrons. The molecule has 2 amide bonds. The highest BCUT2D eigenvalue weighted by Crippen LogP contribution is 2.28. The number of primary amides is 1. The number of hydrogen-bond acceptors (Lipinski definition) is 6. The summed E-state index contributed by atoms with van der Waals surface area (Å²) >= 11 is 1.22. The Morgan fingerprint density at radius 3 is 2.71 bits per heavy atom. The first-order chi connectivity index (χ1) is 14.9. The van der Waals surface area contributed by atoms with Gasteiger partial charge >= 0.3 is 0 Å². The van der Waals surface area contributed by atoms with Crippen molar-refractivity contribution < 1.29 is 18.0 Å². The van der Waals surface area contributed by atoms with Gasteiger partial charge < -0.3 is 16.0 Å². The molecule has 4 N–H and O–H groups in total. The Labute approximate surface area is 183 Å². The first-order valence-electron chi connectivity index (χ1n) is 9.68. The fraction of sp³-hybridized carbons (Fsp3) is 0.250. The molecular weight excluding hydrogens is 438 g/mol. The number of aromatic nitrogens is 2. The first-order valence-corrected chi connectivity index (χ1v) is 12.0. The van der Waals surface area contributed by atoms with Crippen LogP contribution in [0.4, 0.5) is 5.13 Å². The third-order valence-corrected chi connectivity index (χ3v) is 7.76. The van der Waals surface area contributed by atoms with E-state index < -0.39 is 27.9 Å². The van der Waals surface area contributed by atoms with E-state index in [1.807, 2.05) is 0 Å². The number of piperidine rings is 1. The van der Waals surface area contributed by atoms with Crippen LogP contribution in [0.5, 0.6) is 0 Å². The van der Waals surface area contributed by atoms with Crippen LogP contribution in [0.15, 0.2) is 52.9 Å². The molecule has 11 heteroatoms. The van der Waals surface area contributed by atoms with Gasteiger partial charge in [0.25, 0.3) is 5.91 Å². The normalized spacial score (nSPS) is 17.4. The number of thiazole rings is 1. The van der Waals surface area contributed by atoms with E-state index in [1.54, 1.807) is 35.8 Å². The zero-order valence-corrected chi connectivity index (χ0v) is 18.1. The van der Waals surface area contributed by atoms with E-state index in [0.29, 0.717) is 29.2 Å². The predicted octanol–water partition coefficient (Wildman–Crippen LogP) is 2.42. The highest BCUT2D eigenvalue weighted by Gasteiger charge is 2.37. The van der Waals surface area contributed by atoms with Crippen molar-refractivity contribution in [1.29, 1.82) is 0 Å². The third kappa shape index (κ3) is 4.38. The summed E-state index contributed by atoms with van der Waals surface area (Å²) in [6.07, 6.45) is 3.51. The summed E-state index contributed by atoms with van der Waals surface area (Å²) in [5.74, 6) is -0.987. The molecule has 3 aromatic rings. The molecule has 31 heavy (non-hydrogen) atoms. The van der Waals surface area contributed by atoms with Gasteiger partial charge in [0.2, 0.25) is 15.9 Å². The van der Waals surface area contributed by atoms with E-state index in [4.69, 9.17) is 5.73 Å². The highest BCUT2D eigenvalue weighted by atomic mass is 32.2. The van der Waals surface area contributed by atoms with Crippen LogP contribution >= 0.6 is 11.3 Å². The maximum absolute atomic E-state index is 13.1. The molecular formula is C20H21N5O4S2. The van der Waals surface area contributed by atoms with Gasteiger partial charge in [-0.3, -0.25) is 9.59 Å². The van der Waals surface area contributed by atoms with Crippen molar-refractivity contribution in [2.24, 2.45) is 5.73 Å². The molecule has 4 rings (SSSR count). The molecule has 9 nitrogen and oxygen atoms in total. The Balaban J connectivity index is 1.52. The number of benzene rings is 1. The molecule has 1 saturated heterocycles. The van der Waals surface area contributed by atoms with Crippen molar-refractivity contribution in [3.05, 3.63) is 53.7 Å². The summed E-state index contributed by atoms with van der Waals surface area (Å²) < 4.78 is 27.5. The number of carbonyl (C=O) groups excluding carboxylic acids is 2. The van der Waals surface area contributed by atoms with E-state index in [-0.39, 0.29) is 17.1 Å². The van der Waals surface area contributed by atoms with Crippen molar-refractivity contribution in [3.63, 3.8) is 0 Å². The molecule has 1 fully saturated rings. The third-order valence-electron chi connectivity index (χ3n) is 5.08. The number of carbonyl (C=O) groups is 2. The average molecular weight is 460 g/mol. The number of sulfonamides is 1. The molecule has 1 aliphatic heterocycles. The van der Waals surface area contributed by atoms with Crippen molar-refractivity contribution in [3.8, 4) is 11.3 Å². The Kier molecular flexibility index (Phi) is 5.90. The molecule has 1 atom stereocenters. The van der Waals surface area contributed by atoms with Crippen molar-refractivity contribution in [1.82, 2.24) is 14.3 Å². The summed E-state index contributed by atoms with van der Waals surface area (Å²) in [6.45, 7) is 0.289. The Bertz CT molecular complexity index is 1200.